The Labute approximate surface area is 117 Å². The van der Waals surface area contributed by atoms with Crippen LogP contribution in [0.5, 0.6) is 0 Å². The zero-order valence-corrected chi connectivity index (χ0v) is 12.5. The summed E-state index contributed by atoms with van der Waals surface area (Å²) < 4.78 is 0. The van der Waals surface area contributed by atoms with Crippen molar-refractivity contribution in [1.29, 1.82) is 0 Å². The first-order valence-corrected chi connectivity index (χ1v) is 8.09. The SMILES string of the molecule is CCCCC1CCC(C(=O)N2CC(O)(CC)C2)CC1. The molecule has 2 fully saturated rings. The number of aliphatic hydroxyl groups is 1. The van der Waals surface area contributed by atoms with Gasteiger partial charge in [0, 0.05) is 5.92 Å². The summed E-state index contributed by atoms with van der Waals surface area (Å²) >= 11 is 0. The van der Waals surface area contributed by atoms with Crippen molar-refractivity contribution in [3.05, 3.63) is 0 Å². The minimum Gasteiger partial charge on any atom is -0.386 e. The van der Waals surface area contributed by atoms with E-state index in [9.17, 15) is 9.90 Å². The van der Waals surface area contributed by atoms with Crippen LogP contribution in [0.4, 0.5) is 0 Å². The lowest BCUT2D eigenvalue weighted by Gasteiger charge is -2.47. The van der Waals surface area contributed by atoms with Crippen molar-refractivity contribution in [2.24, 2.45) is 11.8 Å². The highest BCUT2D eigenvalue weighted by Gasteiger charge is 2.44. The molecule has 0 unspecified atom stereocenters. The fourth-order valence-electron chi connectivity index (χ4n) is 3.49. The predicted octanol–water partition coefficient (Wildman–Crippen LogP) is 2.97. The van der Waals surface area contributed by atoms with Crippen molar-refractivity contribution in [3.63, 3.8) is 0 Å². The Bertz CT molecular complexity index is 302. The Morgan fingerprint density at radius 2 is 1.84 bits per heavy atom. The summed E-state index contributed by atoms with van der Waals surface area (Å²) in [6, 6.07) is 0. The Morgan fingerprint density at radius 3 is 2.37 bits per heavy atom. The van der Waals surface area contributed by atoms with Crippen LogP contribution in [0.2, 0.25) is 0 Å². The Balaban J connectivity index is 1.72. The van der Waals surface area contributed by atoms with Gasteiger partial charge in [-0.15, -0.1) is 0 Å². The number of β-amino-alcohol motifs (C(OH)–C–C–N with tert-alkyl or cyclic N) is 1. The van der Waals surface area contributed by atoms with Crippen LogP contribution in [0.15, 0.2) is 0 Å². The summed E-state index contributed by atoms with van der Waals surface area (Å²) in [5.41, 5.74) is -0.589. The van der Waals surface area contributed by atoms with Gasteiger partial charge in [0.15, 0.2) is 0 Å². The van der Waals surface area contributed by atoms with E-state index in [0.717, 1.165) is 25.2 Å². The van der Waals surface area contributed by atoms with Gasteiger partial charge >= 0.3 is 0 Å². The number of amides is 1. The molecule has 2 aliphatic rings. The topological polar surface area (TPSA) is 40.5 Å². The molecule has 1 N–H and O–H groups in total. The second kappa shape index (κ2) is 6.25. The molecule has 0 aromatic heterocycles. The molecule has 3 nitrogen and oxygen atoms in total. The third kappa shape index (κ3) is 3.50. The van der Waals surface area contributed by atoms with E-state index in [1.54, 1.807) is 0 Å². The van der Waals surface area contributed by atoms with Crippen molar-refractivity contribution in [2.75, 3.05) is 13.1 Å². The van der Waals surface area contributed by atoms with Crippen LogP contribution >= 0.6 is 0 Å². The van der Waals surface area contributed by atoms with Crippen molar-refractivity contribution in [3.8, 4) is 0 Å². The molecule has 0 bridgehead atoms. The summed E-state index contributed by atoms with van der Waals surface area (Å²) in [4.78, 5) is 14.2. The number of likely N-dealkylation sites (tertiary alicyclic amines) is 1. The van der Waals surface area contributed by atoms with Gasteiger partial charge in [0.1, 0.15) is 0 Å². The van der Waals surface area contributed by atoms with Crippen LogP contribution in [0.3, 0.4) is 0 Å². The van der Waals surface area contributed by atoms with E-state index in [2.05, 4.69) is 6.92 Å². The second-order valence-electron chi connectivity index (χ2n) is 6.63. The number of carbonyl (C=O) groups is 1. The third-order valence-corrected chi connectivity index (χ3v) is 5.10. The molecule has 0 atom stereocenters. The fraction of sp³-hybridized carbons (Fsp3) is 0.938. The predicted molar refractivity (Wildman–Crippen MR) is 76.8 cm³/mol. The lowest BCUT2D eigenvalue weighted by molar-refractivity contribution is -0.161. The van der Waals surface area contributed by atoms with Gasteiger partial charge in [-0.05, 0) is 38.0 Å². The van der Waals surface area contributed by atoms with Gasteiger partial charge in [-0.2, -0.15) is 0 Å². The normalized spacial score (nSPS) is 29.9. The summed E-state index contributed by atoms with van der Waals surface area (Å²) in [6.45, 7) is 5.34. The molecule has 1 amide bonds. The molecule has 0 radical (unpaired) electrons. The van der Waals surface area contributed by atoms with Gasteiger partial charge in [-0.25, -0.2) is 0 Å². The highest BCUT2D eigenvalue weighted by Crippen LogP contribution is 2.35. The number of nitrogens with zero attached hydrogens (tertiary/aromatic N) is 1. The van der Waals surface area contributed by atoms with E-state index in [0.29, 0.717) is 19.0 Å². The van der Waals surface area contributed by atoms with Crippen molar-refractivity contribution >= 4 is 5.91 Å². The number of hydrogen-bond acceptors (Lipinski definition) is 2. The van der Waals surface area contributed by atoms with Crippen molar-refractivity contribution in [1.82, 2.24) is 4.90 Å². The van der Waals surface area contributed by atoms with Crippen LogP contribution in [0.1, 0.15) is 65.2 Å². The van der Waals surface area contributed by atoms with Crippen LogP contribution in [-0.4, -0.2) is 34.6 Å². The molecular weight excluding hydrogens is 238 g/mol. The molecule has 2 rings (SSSR count). The molecule has 19 heavy (non-hydrogen) atoms. The number of carbonyl (C=O) groups excluding carboxylic acids is 1. The minimum atomic E-state index is -0.589. The van der Waals surface area contributed by atoms with Crippen molar-refractivity contribution in [2.45, 2.75) is 70.8 Å². The average molecular weight is 267 g/mol. The van der Waals surface area contributed by atoms with E-state index >= 15 is 0 Å². The summed E-state index contributed by atoms with van der Waals surface area (Å²) in [7, 11) is 0. The zero-order chi connectivity index (χ0) is 13.9. The zero-order valence-electron chi connectivity index (χ0n) is 12.5. The van der Waals surface area contributed by atoms with Gasteiger partial charge in [-0.1, -0.05) is 33.1 Å². The molecule has 1 aliphatic heterocycles. The Morgan fingerprint density at radius 1 is 1.21 bits per heavy atom. The first-order valence-electron chi connectivity index (χ1n) is 8.09. The molecule has 3 heteroatoms. The molecule has 0 spiro atoms. The van der Waals surface area contributed by atoms with Crippen LogP contribution in [0.25, 0.3) is 0 Å². The van der Waals surface area contributed by atoms with E-state index in [1.165, 1.54) is 32.1 Å². The smallest absolute Gasteiger partial charge is 0.225 e. The summed E-state index contributed by atoms with van der Waals surface area (Å²) in [6.07, 6.45) is 9.28. The third-order valence-electron chi connectivity index (χ3n) is 5.10. The first kappa shape index (κ1) is 14.8. The molecular formula is C16H29NO2. The molecule has 0 aromatic rings. The van der Waals surface area contributed by atoms with Crippen LogP contribution in [0, 0.1) is 11.8 Å². The van der Waals surface area contributed by atoms with Crippen LogP contribution in [-0.2, 0) is 4.79 Å². The van der Waals surface area contributed by atoms with E-state index in [-0.39, 0.29) is 5.92 Å². The molecule has 1 saturated heterocycles. The van der Waals surface area contributed by atoms with Gasteiger partial charge < -0.3 is 10.0 Å². The van der Waals surface area contributed by atoms with Gasteiger partial charge in [0.05, 0.1) is 18.7 Å². The second-order valence-corrected chi connectivity index (χ2v) is 6.63. The minimum absolute atomic E-state index is 0.235. The number of rotatable bonds is 5. The maximum Gasteiger partial charge on any atom is 0.225 e. The highest BCUT2D eigenvalue weighted by molar-refractivity contribution is 5.80. The van der Waals surface area contributed by atoms with Gasteiger partial charge in [0.25, 0.3) is 0 Å². The van der Waals surface area contributed by atoms with E-state index < -0.39 is 5.60 Å². The fourth-order valence-corrected chi connectivity index (χ4v) is 3.49. The molecule has 0 aromatic carbocycles. The summed E-state index contributed by atoms with van der Waals surface area (Å²) in [5.74, 6) is 1.39. The first-order chi connectivity index (χ1) is 9.08. The van der Waals surface area contributed by atoms with Crippen molar-refractivity contribution < 1.29 is 9.90 Å². The quantitative estimate of drug-likeness (QED) is 0.832. The monoisotopic (exact) mass is 267 g/mol. The molecule has 110 valence electrons. The van der Waals surface area contributed by atoms with Crippen LogP contribution < -0.4 is 0 Å². The Kier molecular flexibility index (Phi) is 4.88. The molecule has 1 heterocycles. The van der Waals surface area contributed by atoms with E-state index in [1.807, 2.05) is 11.8 Å². The lowest BCUT2D eigenvalue weighted by Crippen LogP contribution is -2.64. The standard InChI is InChI=1S/C16H29NO2/c1-3-5-6-13-7-9-14(10-8-13)15(18)17-11-16(19,4-2)12-17/h13-14,19H,3-12H2,1-2H3. The molecule has 1 saturated carbocycles. The number of unbranched alkanes of at least 4 members (excludes halogenated alkanes) is 1. The van der Waals surface area contributed by atoms with E-state index in [4.69, 9.17) is 0 Å². The summed E-state index contributed by atoms with van der Waals surface area (Å²) in [5, 5.41) is 9.98. The number of hydrogen-bond donors (Lipinski definition) is 1. The maximum atomic E-state index is 12.3. The Hall–Kier alpha value is -0.570. The van der Waals surface area contributed by atoms with Gasteiger partial charge in [0.2, 0.25) is 5.91 Å². The maximum absolute atomic E-state index is 12.3. The average Bonchev–Trinajstić information content (AvgIpc) is 2.41. The van der Waals surface area contributed by atoms with Gasteiger partial charge in [-0.3, -0.25) is 4.79 Å². The molecule has 1 aliphatic carbocycles. The largest absolute Gasteiger partial charge is 0.386 e. The highest BCUT2D eigenvalue weighted by atomic mass is 16.3. The lowest BCUT2D eigenvalue weighted by atomic mass is 9.78.